The highest BCUT2D eigenvalue weighted by Crippen LogP contribution is 2.31. The van der Waals surface area contributed by atoms with Gasteiger partial charge in [-0.15, -0.1) is 0 Å². The van der Waals surface area contributed by atoms with Crippen LogP contribution in [0.3, 0.4) is 0 Å². The van der Waals surface area contributed by atoms with Crippen molar-refractivity contribution in [3.8, 4) is 11.8 Å². The van der Waals surface area contributed by atoms with E-state index in [9.17, 15) is 19.2 Å². The van der Waals surface area contributed by atoms with Gasteiger partial charge in [-0.05, 0) is 24.3 Å². The number of nitriles is 1. The van der Waals surface area contributed by atoms with Crippen molar-refractivity contribution in [2.24, 2.45) is 0 Å². The lowest BCUT2D eigenvalue weighted by molar-refractivity contribution is -0.131. The van der Waals surface area contributed by atoms with Crippen LogP contribution >= 0.6 is 0 Å². The number of nitrogens with zero attached hydrogens (tertiary/aromatic N) is 4. The standard InChI is InChI=1S/C22H21FN4O3/c23-17-4-3-6-18(16(17)14-24)25-10-12-26(13-11-25)21(28)8-9-27-19-5-1-2-7-20(19)30-15-22(27)29/h1-7H,8-13,15H2. The van der Waals surface area contributed by atoms with Gasteiger partial charge in [0.1, 0.15) is 23.2 Å². The van der Waals surface area contributed by atoms with Crippen LogP contribution in [-0.4, -0.2) is 56.0 Å². The van der Waals surface area contributed by atoms with Gasteiger partial charge in [-0.2, -0.15) is 5.26 Å². The first kappa shape index (κ1) is 19.7. The van der Waals surface area contributed by atoms with Gasteiger partial charge in [-0.3, -0.25) is 9.59 Å². The van der Waals surface area contributed by atoms with Crippen molar-refractivity contribution in [3.63, 3.8) is 0 Å². The molecule has 7 nitrogen and oxygen atoms in total. The second-order valence-electron chi connectivity index (χ2n) is 7.17. The number of para-hydroxylation sites is 2. The minimum Gasteiger partial charge on any atom is -0.482 e. The van der Waals surface area contributed by atoms with Crippen molar-refractivity contribution < 1.29 is 18.7 Å². The van der Waals surface area contributed by atoms with Gasteiger partial charge in [0.05, 0.1) is 11.4 Å². The molecule has 2 amide bonds. The number of halogens is 1. The zero-order valence-electron chi connectivity index (χ0n) is 16.4. The number of piperazine rings is 1. The Bertz CT molecular complexity index is 1010. The Morgan fingerprint density at radius 1 is 1.07 bits per heavy atom. The van der Waals surface area contributed by atoms with Crippen molar-refractivity contribution in [3.05, 3.63) is 53.8 Å². The molecule has 2 aliphatic heterocycles. The predicted molar refractivity (Wildman–Crippen MR) is 109 cm³/mol. The topological polar surface area (TPSA) is 76.9 Å². The Morgan fingerprint density at radius 3 is 2.57 bits per heavy atom. The summed E-state index contributed by atoms with van der Waals surface area (Å²) >= 11 is 0. The first-order valence-electron chi connectivity index (χ1n) is 9.82. The van der Waals surface area contributed by atoms with Gasteiger partial charge in [0.15, 0.2) is 6.61 Å². The molecule has 30 heavy (non-hydrogen) atoms. The van der Waals surface area contributed by atoms with E-state index >= 15 is 0 Å². The van der Waals surface area contributed by atoms with E-state index in [1.165, 1.54) is 6.07 Å². The third kappa shape index (κ3) is 3.79. The molecule has 8 heteroatoms. The molecule has 1 saturated heterocycles. The summed E-state index contributed by atoms with van der Waals surface area (Å²) in [5.41, 5.74) is 1.27. The van der Waals surface area contributed by atoms with Crippen LogP contribution in [0.5, 0.6) is 5.75 Å². The maximum atomic E-state index is 13.9. The average Bonchev–Trinajstić information content (AvgIpc) is 2.78. The predicted octanol–water partition coefficient (Wildman–Crippen LogP) is 2.16. The number of amides is 2. The quantitative estimate of drug-likeness (QED) is 0.775. The zero-order chi connectivity index (χ0) is 21.1. The molecule has 0 spiro atoms. The highest BCUT2D eigenvalue weighted by molar-refractivity contribution is 5.98. The first-order valence-corrected chi connectivity index (χ1v) is 9.82. The maximum absolute atomic E-state index is 13.9. The van der Waals surface area contributed by atoms with E-state index in [1.807, 2.05) is 23.1 Å². The van der Waals surface area contributed by atoms with Crippen molar-refractivity contribution in [2.75, 3.05) is 49.1 Å². The zero-order valence-corrected chi connectivity index (χ0v) is 16.4. The van der Waals surface area contributed by atoms with Gasteiger partial charge in [-0.1, -0.05) is 18.2 Å². The Hall–Kier alpha value is -3.60. The second-order valence-corrected chi connectivity index (χ2v) is 7.17. The first-order chi connectivity index (χ1) is 14.6. The summed E-state index contributed by atoms with van der Waals surface area (Å²) in [6.07, 6.45) is 0.212. The Kier molecular flexibility index (Phi) is 5.53. The van der Waals surface area contributed by atoms with Crippen LogP contribution in [0.4, 0.5) is 15.8 Å². The van der Waals surface area contributed by atoms with Crippen LogP contribution < -0.4 is 14.5 Å². The van der Waals surface area contributed by atoms with E-state index in [4.69, 9.17) is 4.74 Å². The fourth-order valence-electron chi connectivity index (χ4n) is 3.85. The van der Waals surface area contributed by atoms with E-state index in [0.29, 0.717) is 49.8 Å². The molecule has 4 rings (SSSR count). The van der Waals surface area contributed by atoms with E-state index in [0.717, 1.165) is 0 Å². The molecule has 2 aromatic rings. The number of ether oxygens (including phenoxy) is 1. The summed E-state index contributed by atoms with van der Waals surface area (Å²) in [5.74, 6) is -0.0989. The van der Waals surface area contributed by atoms with Crippen molar-refractivity contribution in [1.29, 1.82) is 5.26 Å². The van der Waals surface area contributed by atoms with Gasteiger partial charge < -0.3 is 19.4 Å². The number of carbonyl (C=O) groups is 2. The highest BCUT2D eigenvalue weighted by atomic mass is 19.1. The van der Waals surface area contributed by atoms with Gasteiger partial charge in [0.25, 0.3) is 5.91 Å². The molecular formula is C22H21FN4O3. The Labute approximate surface area is 173 Å². The number of hydrogen-bond donors (Lipinski definition) is 0. The number of hydrogen-bond acceptors (Lipinski definition) is 5. The molecule has 0 N–H and O–H groups in total. The number of benzene rings is 2. The molecule has 154 valence electrons. The molecule has 0 atom stereocenters. The average molecular weight is 408 g/mol. The molecule has 0 aliphatic carbocycles. The Balaban J connectivity index is 1.35. The molecule has 2 aliphatic rings. The van der Waals surface area contributed by atoms with Gasteiger partial charge in [0.2, 0.25) is 5.91 Å². The lowest BCUT2D eigenvalue weighted by atomic mass is 10.1. The van der Waals surface area contributed by atoms with Crippen LogP contribution in [0.2, 0.25) is 0 Å². The van der Waals surface area contributed by atoms with Gasteiger partial charge in [0, 0.05) is 39.1 Å². The smallest absolute Gasteiger partial charge is 0.265 e. The molecular weight excluding hydrogens is 387 g/mol. The molecule has 0 unspecified atom stereocenters. The third-order valence-corrected chi connectivity index (χ3v) is 5.43. The molecule has 2 aromatic carbocycles. The molecule has 0 aromatic heterocycles. The number of carbonyl (C=O) groups excluding carboxylic acids is 2. The fraction of sp³-hybridized carbons (Fsp3) is 0.318. The fourth-order valence-corrected chi connectivity index (χ4v) is 3.85. The summed E-state index contributed by atoms with van der Waals surface area (Å²) in [4.78, 5) is 30.2. The van der Waals surface area contributed by atoms with Crippen molar-refractivity contribution in [2.45, 2.75) is 6.42 Å². The number of anilines is 2. The summed E-state index contributed by atoms with van der Waals surface area (Å²) in [7, 11) is 0. The van der Waals surface area contributed by atoms with Crippen molar-refractivity contribution in [1.82, 2.24) is 4.90 Å². The second kappa shape index (κ2) is 8.41. The minimum absolute atomic E-state index is 0.0290. The largest absolute Gasteiger partial charge is 0.482 e. The summed E-state index contributed by atoms with van der Waals surface area (Å²) in [6.45, 7) is 2.26. The third-order valence-electron chi connectivity index (χ3n) is 5.43. The molecule has 0 radical (unpaired) electrons. The minimum atomic E-state index is -0.538. The van der Waals surface area contributed by atoms with Crippen LogP contribution in [0.15, 0.2) is 42.5 Å². The van der Waals surface area contributed by atoms with E-state index in [1.54, 1.807) is 34.1 Å². The van der Waals surface area contributed by atoms with Crippen molar-refractivity contribution >= 4 is 23.2 Å². The van der Waals surface area contributed by atoms with Crippen LogP contribution in [0.1, 0.15) is 12.0 Å². The normalized spacial score (nSPS) is 16.0. The summed E-state index contributed by atoms with van der Waals surface area (Å²) < 4.78 is 19.3. The van der Waals surface area contributed by atoms with E-state index in [2.05, 4.69) is 0 Å². The number of rotatable bonds is 4. The van der Waals surface area contributed by atoms with Crippen LogP contribution in [0.25, 0.3) is 0 Å². The maximum Gasteiger partial charge on any atom is 0.265 e. The lowest BCUT2D eigenvalue weighted by Crippen LogP contribution is -2.50. The SMILES string of the molecule is N#Cc1c(F)cccc1N1CCN(C(=O)CCN2C(=O)COc3ccccc32)CC1. The Morgan fingerprint density at radius 2 is 1.80 bits per heavy atom. The summed E-state index contributed by atoms with van der Waals surface area (Å²) in [6, 6.07) is 13.8. The van der Waals surface area contributed by atoms with E-state index < -0.39 is 5.82 Å². The monoisotopic (exact) mass is 408 g/mol. The summed E-state index contributed by atoms with van der Waals surface area (Å²) in [5, 5.41) is 9.23. The number of fused-ring (bicyclic) bond motifs is 1. The molecule has 2 heterocycles. The highest BCUT2D eigenvalue weighted by Gasteiger charge is 2.28. The van der Waals surface area contributed by atoms with E-state index in [-0.39, 0.29) is 30.4 Å². The molecule has 0 bridgehead atoms. The van der Waals surface area contributed by atoms with Crippen LogP contribution in [-0.2, 0) is 9.59 Å². The molecule has 0 saturated carbocycles. The van der Waals surface area contributed by atoms with Gasteiger partial charge >= 0.3 is 0 Å². The van der Waals surface area contributed by atoms with Gasteiger partial charge in [-0.25, -0.2) is 4.39 Å². The van der Waals surface area contributed by atoms with Crippen LogP contribution in [0, 0.1) is 17.1 Å². The lowest BCUT2D eigenvalue weighted by Gasteiger charge is -2.37. The molecule has 1 fully saturated rings.